The molecule has 1 amide bonds. The number of rotatable bonds is 3. The Morgan fingerprint density at radius 2 is 2.00 bits per heavy atom. The number of hydrogen-bond donors (Lipinski definition) is 1. The standard InChI is InChI=1S/C19H25N3O/c1-15(18(23)21-19(14-20)11-5-2-6-12-19)22-13-7-9-16-8-3-4-10-17(16)22/h3-4,8,10,15H,2,5-7,9,11-13H2,1H3,(H,21,23). The Bertz CT molecular complexity index is 613. The Hall–Kier alpha value is -2.02. The van der Waals surface area contributed by atoms with E-state index in [9.17, 15) is 10.1 Å². The number of benzene rings is 1. The van der Waals surface area contributed by atoms with E-state index in [2.05, 4.69) is 34.5 Å². The molecule has 1 aliphatic carbocycles. The van der Waals surface area contributed by atoms with Crippen molar-refractivity contribution < 1.29 is 4.79 Å². The zero-order chi connectivity index (χ0) is 16.3. The number of nitrogens with zero attached hydrogens (tertiary/aromatic N) is 2. The van der Waals surface area contributed by atoms with Gasteiger partial charge in [0.15, 0.2) is 0 Å². The summed E-state index contributed by atoms with van der Waals surface area (Å²) >= 11 is 0. The third-order valence-corrected chi connectivity index (χ3v) is 5.28. The molecule has 4 heteroatoms. The smallest absolute Gasteiger partial charge is 0.243 e. The van der Waals surface area contributed by atoms with E-state index in [0.29, 0.717) is 0 Å². The molecule has 0 spiro atoms. The summed E-state index contributed by atoms with van der Waals surface area (Å²) in [7, 11) is 0. The highest BCUT2D eigenvalue weighted by Crippen LogP contribution is 2.30. The fourth-order valence-electron chi connectivity index (χ4n) is 3.87. The summed E-state index contributed by atoms with van der Waals surface area (Å²) in [5.74, 6) is -0.0230. The van der Waals surface area contributed by atoms with Crippen molar-refractivity contribution in [3.8, 4) is 6.07 Å². The molecule has 0 bridgehead atoms. The summed E-state index contributed by atoms with van der Waals surface area (Å²) in [5, 5.41) is 12.6. The van der Waals surface area contributed by atoms with Crippen molar-refractivity contribution in [3.63, 3.8) is 0 Å². The highest BCUT2D eigenvalue weighted by atomic mass is 16.2. The maximum Gasteiger partial charge on any atom is 0.243 e. The van der Waals surface area contributed by atoms with E-state index in [1.54, 1.807) is 0 Å². The van der Waals surface area contributed by atoms with Gasteiger partial charge in [0.05, 0.1) is 6.07 Å². The molecule has 1 N–H and O–H groups in total. The Kier molecular flexibility index (Phi) is 4.56. The Labute approximate surface area is 138 Å². The van der Waals surface area contributed by atoms with Crippen molar-refractivity contribution in [1.82, 2.24) is 5.32 Å². The lowest BCUT2D eigenvalue weighted by Gasteiger charge is -2.38. The average molecular weight is 311 g/mol. The normalized spacial score (nSPS) is 21.0. The average Bonchev–Trinajstić information content (AvgIpc) is 2.61. The molecule has 0 radical (unpaired) electrons. The number of aryl methyl sites for hydroxylation is 1. The molecule has 1 fully saturated rings. The highest BCUT2D eigenvalue weighted by molar-refractivity contribution is 5.86. The maximum atomic E-state index is 12.8. The number of carbonyl (C=O) groups excluding carboxylic acids is 1. The minimum Gasteiger partial charge on any atom is -0.360 e. The molecule has 1 heterocycles. The van der Waals surface area contributed by atoms with Crippen molar-refractivity contribution in [2.75, 3.05) is 11.4 Å². The number of anilines is 1. The fraction of sp³-hybridized carbons (Fsp3) is 0.579. The molecule has 1 atom stereocenters. The third kappa shape index (κ3) is 3.19. The monoisotopic (exact) mass is 311 g/mol. The first-order valence-corrected chi connectivity index (χ1v) is 8.73. The van der Waals surface area contributed by atoms with E-state index in [1.165, 1.54) is 5.56 Å². The number of nitrogens with one attached hydrogen (secondary N) is 1. The first kappa shape index (κ1) is 15.9. The second-order valence-corrected chi connectivity index (χ2v) is 6.85. The van der Waals surface area contributed by atoms with Gasteiger partial charge in [-0.3, -0.25) is 4.79 Å². The van der Waals surface area contributed by atoms with Gasteiger partial charge in [-0.05, 0) is 44.2 Å². The minimum atomic E-state index is -0.654. The van der Waals surface area contributed by atoms with Crippen LogP contribution in [0.15, 0.2) is 24.3 Å². The number of nitriles is 1. The SMILES string of the molecule is CC(C(=O)NC1(C#N)CCCCC1)N1CCCc2ccccc21. The number of amides is 1. The molecule has 0 aromatic heterocycles. The zero-order valence-corrected chi connectivity index (χ0v) is 13.8. The van der Waals surface area contributed by atoms with Crippen LogP contribution in [0.1, 0.15) is 51.0 Å². The van der Waals surface area contributed by atoms with E-state index in [4.69, 9.17) is 0 Å². The van der Waals surface area contributed by atoms with Gasteiger partial charge in [-0.1, -0.05) is 37.5 Å². The number of para-hydroxylation sites is 1. The molecule has 1 aliphatic heterocycles. The molecule has 23 heavy (non-hydrogen) atoms. The fourth-order valence-corrected chi connectivity index (χ4v) is 3.87. The van der Waals surface area contributed by atoms with Crippen LogP contribution in [0.3, 0.4) is 0 Å². The number of fused-ring (bicyclic) bond motifs is 1. The molecule has 1 aromatic carbocycles. The molecular weight excluding hydrogens is 286 g/mol. The maximum absolute atomic E-state index is 12.8. The lowest BCUT2D eigenvalue weighted by Crippen LogP contribution is -2.55. The van der Waals surface area contributed by atoms with E-state index in [-0.39, 0.29) is 11.9 Å². The van der Waals surface area contributed by atoms with Crippen LogP contribution in [0.5, 0.6) is 0 Å². The van der Waals surface area contributed by atoms with Crippen LogP contribution in [0.25, 0.3) is 0 Å². The number of hydrogen-bond acceptors (Lipinski definition) is 3. The third-order valence-electron chi connectivity index (χ3n) is 5.28. The zero-order valence-electron chi connectivity index (χ0n) is 13.8. The van der Waals surface area contributed by atoms with Gasteiger partial charge < -0.3 is 10.2 Å². The Morgan fingerprint density at radius 3 is 2.74 bits per heavy atom. The largest absolute Gasteiger partial charge is 0.360 e. The summed E-state index contributed by atoms with van der Waals surface area (Å²) in [4.78, 5) is 15.0. The molecular formula is C19H25N3O. The van der Waals surface area contributed by atoms with Crippen LogP contribution in [0.4, 0.5) is 5.69 Å². The molecule has 1 saturated carbocycles. The summed E-state index contributed by atoms with van der Waals surface area (Å²) in [5.41, 5.74) is 1.82. The van der Waals surface area contributed by atoms with E-state index in [0.717, 1.165) is 57.2 Å². The van der Waals surface area contributed by atoms with Gasteiger partial charge in [-0.15, -0.1) is 0 Å². The predicted molar refractivity (Wildman–Crippen MR) is 91.1 cm³/mol. The van der Waals surface area contributed by atoms with Crippen LogP contribution >= 0.6 is 0 Å². The van der Waals surface area contributed by atoms with Gasteiger partial charge in [0.1, 0.15) is 11.6 Å². The summed E-state index contributed by atoms with van der Waals surface area (Å²) in [6.45, 7) is 2.84. The molecule has 2 aliphatic rings. The quantitative estimate of drug-likeness (QED) is 0.933. The van der Waals surface area contributed by atoms with E-state index in [1.807, 2.05) is 13.0 Å². The molecule has 4 nitrogen and oxygen atoms in total. The van der Waals surface area contributed by atoms with Crippen LogP contribution in [-0.4, -0.2) is 24.0 Å². The molecule has 1 aromatic rings. The van der Waals surface area contributed by atoms with Crippen LogP contribution in [-0.2, 0) is 11.2 Å². The Morgan fingerprint density at radius 1 is 1.26 bits per heavy atom. The minimum absolute atomic E-state index is 0.0230. The molecule has 1 unspecified atom stereocenters. The summed E-state index contributed by atoms with van der Waals surface area (Å²) in [6, 6.07) is 10.4. The van der Waals surface area contributed by atoms with Gasteiger partial charge in [0.2, 0.25) is 5.91 Å². The second kappa shape index (κ2) is 6.62. The van der Waals surface area contributed by atoms with Crippen molar-refractivity contribution in [3.05, 3.63) is 29.8 Å². The first-order chi connectivity index (χ1) is 11.2. The molecule has 122 valence electrons. The van der Waals surface area contributed by atoms with Crippen LogP contribution < -0.4 is 10.2 Å². The highest BCUT2D eigenvalue weighted by Gasteiger charge is 2.36. The first-order valence-electron chi connectivity index (χ1n) is 8.73. The van der Waals surface area contributed by atoms with Gasteiger partial charge in [-0.2, -0.15) is 5.26 Å². The van der Waals surface area contributed by atoms with Gasteiger partial charge >= 0.3 is 0 Å². The van der Waals surface area contributed by atoms with Crippen LogP contribution in [0, 0.1) is 11.3 Å². The number of carbonyl (C=O) groups is 1. The van der Waals surface area contributed by atoms with E-state index < -0.39 is 5.54 Å². The summed E-state index contributed by atoms with van der Waals surface area (Å²) < 4.78 is 0. The van der Waals surface area contributed by atoms with Gasteiger partial charge in [-0.25, -0.2) is 0 Å². The predicted octanol–water partition coefficient (Wildman–Crippen LogP) is 3.17. The topological polar surface area (TPSA) is 56.1 Å². The Balaban J connectivity index is 1.74. The van der Waals surface area contributed by atoms with Crippen LogP contribution in [0.2, 0.25) is 0 Å². The lowest BCUT2D eigenvalue weighted by molar-refractivity contribution is -0.123. The van der Waals surface area contributed by atoms with Crippen molar-refractivity contribution >= 4 is 11.6 Å². The summed E-state index contributed by atoms with van der Waals surface area (Å²) in [6.07, 6.45) is 6.90. The van der Waals surface area contributed by atoms with E-state index >= 15 is 0 Å². The molecule has 3 rings (SSSR count). The lowest BCUT2D eigenvalue weighted by atomic mass is 9.82. The van der Waals surface area contributed by atoms with Crippen molar-refractivity contribution in [2.24, 2.45) is 0 Å². The van der Waals surface area contributed by atoms with Crippen molar-refractivity contribution in [2.45, 2.75) is 63.5 Å². The van der Waals surface area contributed by atoms with Gasteiger partial charge in [0, 0.05) is 12.2 Å². The van der Waals surface area contributed by atoms with Crippen molar-refractivity contribution in [1.29, 1.82) is 5.26 Å². The second-order valence-electron chi connectivity index (χ2n) is 6.85. The van der Waals surface area contributed by atoms with Gasteiger partial charge in [0.25, 0.3) is 0 Å². The molecule has 0 saturated heterocycles.